The molecule has 3 rings (SSSR count). The van der Waals surface area contributed by atoms with Gasteiger partial charge in [-0.3, -0.25) is 4.79 Å². The summed E-state index contributed by atoms with van der Waals surface area (Å²) in [5.74, 6) is -1.44. The summed E-state index contributed by atoms with van der Waals surface area (Å²) in [4.78, 5) is 23.2. The fourth-order valence-electron chi connectivity index (χ4n) is 3.54. The molecule has 6 heteroatoms. The summed E-state index contributed by atoms with van der Waals surface area (Å²) in [7, 11) is 1.25. The van der Waals surface area contributed by atoms with Gasteiger partial charge in [-0.1, -0.05) is 30.3 Å². The average molecular weight is 421 g/mol. The zero-order chi connectivity index (χ0) is 22.5. The Bertz CT molecular complexity index is 1170. The highest BCUT2D eigenvalue weighted by atomic mass is 19.1. The van der Waals surface area contributed by atoms with Gasteiger partial charge < -0.3 is 14.0 Å². The van der Waals surface area contributed by atoms with Crippen molar-refractivity contribution in [3.63, 3.8) is 0 Å². The van der Waals surface area contributed by atoms with E-state index in [-0.39, 0.29) is 17.6 Å². The first kappa shape index (κ1) is 22.0. The van der Waals surface area contributed by atoms with Crippen LogP contribution in [0.3, 0.4) is 0 Å². The van der Waals surface area contributed by atoms with E-state index in [9.17, 15) is 14.0 Å². The lowest BCUT2D eigenvalue weighted by Gasteiger charge is -2.14. The number of para-hydroxylation sites is 1. The van der Waals surface area contributed by atoms with Gasteiger partial charge in [0.25, 0.3) is 0 Å². The lowest BCUT2D eigenvalue weighted by atomic mass is 10.0. The van der Waals surface area contributed by atoms with Gasteiger partial charge in [-0.15, -0.1) is 0 Å². The number of halogens is 1. The molecule has 0 amide bonds. The highest BCUT2D eigenvalue weighted by Crippen LogP contribution is 2.38. The number of hydrogen-bond acceptors (Lipinski definition) is 4. The van der Waals surface area contributed by atoms with Crippen molar-refractivity contribution in [2.75, 3.05) is 7.11 Å². The van der Waals surface area contributed by atoms with Crippen molar-refractivity contribution in [1.29, 1.82) is 0 Å². The van der Waals surface area contributed by atoms with Crippen LogP contribution in [0.5, 0.6) is 0 Å². The average Bonchev–Trinajstić information content (AvgIpc) is 3.06. The predicted molar refractivity (Wildman–Crippen MR) is 119 cm³/mol. The molecule has 0 aliphatic heterocycles. The molecule has 0 spiro atoms. The standard InChI is InChI=1S/C25H24FNO4/c1-16(2)27-22-8-6-5-7-21(22)25(18-9-11-19(26)12-10-18)23(27)14-13-20(31-17(3)28)15-24(29)30-4/h5-16H,1-4H3/b14-13+,20-15-. The SMILES string of the molecule is COC(=O)/C=C(/C=C/c1c(-c2ccc(F)cc2)c2ccccc2n1C(C)C)OC(C)=O. The maximum Gasteiger partial charge on any atom is 0.334 e. The Balaban J connectivity index is 2.25. The van der Waals surface area contributed by atoms with Crippen molar-refractivity contribution in [1.82, 2.24) is 4.57 Å². The number of aromatic nitrogens is 1. The van der Waals surface area contributed by atoms with Gasteiger partial charge in [-0.05, 0) is 49.8 Å². The molecule has 0 fully saturated rings. The zero-order valence-corrected chi connectivity index (χ0v) is 17.9. The molecule has 0 N–H and O–H groups in total. The number of ether oxygens (including phenoxy) is 2. The molecule has 0 bridgehead atoms. The first-order valence-electron chi connectivity index (χ1n) is 9.86. The van der Waals surface area contributed by atoms with Gasteiger partial charge in [0.15, 0.2) is 0 Å². The van der Waals surface area contributed by atoms with Gasteiger partial charge in [0.05, 0.1) is 18.9 Å². The van der Waals surface area contributed by atoms with Gasteiger partial charge in [0.2, 0.25) is 0 Å². The van der Waals surface area contributed by atoms with Gasteiger partial charge in [-0.25, -0.2) is 9.18 Å². The molecule has 0 aliphatic carbocycles. The summed E-state index contributed by atoms with van der Waals surface area (Å²) in [6.07, 6.45) is 4.45. The topological polar surface area (TPSA) is 57.5 Å². The van der Waals surface area contributed by atoms with Crippen molar-refractivity contribution in [3.05, 3.63) is 78.0 Å². The Morgan fingerprint density at radius 1 is 1.06 bits per heavy atom. The number of nitrogens with zero attached hydrogens (tertiary/aromatic N) is 1. The number of hydrogen-bond donors (Lipinski definition) is 0. The summed E-state index contributed by atoms with van der Waals surface area (Å²) in [6, 6.07) is 14.4. The Hall–Kier alpha value is -3.67. The normalized spacial score (nSPS) is 12.0. The summed E-state index contributed by atoms with van der Waals surface area (Å²) >= 11 is 0. The second kappa shape index (κ2) is 9.43. The summed E-state index contributed by atoms with van der Waals surface area (Å²) in [5, 5.41) is 1.01. The maximum atomic E-state index is 13.6. The number of esters is 2. The molecule has 0 atom stereocenters. The molecule has 0 radical (unpaired) electrons. The summed E-state index contributed by atoms with van der Waals surface area (Å²) in [5.41, 5.74) is 3.62. The molecule has 0 unspecified atom stereocenters. The van der Waals surface area contributed by atoms with E-state index in [1.165, 1.54) is 26.2 Å². The quantitative estimate of drug-likeness (QED) is 0.223. The van der Waals surface area contributed by atoms with E-state index in [2.05, 4.69) is 23.2 Å². The molecule has 0 saturated carbocycles. The molecule has 0 aliphatic rings. The lowest BCUT2D eigenvalue weighted by molar-refractivity contribution is -0.137. The molecule has 3 aromatic rings. The molecule has 5 nitrogen and oxygen atoms in total. The van der Waals surface area contributed by atoms with Crippen molar-refractivity contribution in [2.45, 2.75) is 26.8 Å². The molecule has 1 heterocycles. The van der Waals surface area contributed by atoms with Crippen LogP contribution in [-0.2, 0) is 19.1 Å². The molecular weight excluding hydrogens is 397 g/mol. The highest BCUT2D eigenvalue weighted by molar-refractivity contribution is 6.01. The van der Waals surface area contributed by atoms with Crippen molar-refractivity contribution < 1.29 is 23.5 Å². The molecule has 160 valence electrons. The lowest BCUT2D eigenvalue weighted by Crippen LogP contribution is -2.04. The van der Waals surface area contributed by atoms with Gasteiger partial charge >= 0.3 is 11.9 Å². The van der Waals surface area contributed by atoms with E-state index >= 15 is 0 Å². The number of rotatable bonds is 6. The van der Waals surface area contributed by atoms with Crippen LogP contribution in [0.2, 0.25) is 0 Å². The van der Waals surface area contributed by atoms with E-state index in [0.29, 0.717) is 0 Å². The minimum atomic E-state index is -0.635. The third-order valence-electron chi connectivity index (χ3n) is 4.73. The van der Waals surface area contributed by atoms with Gasteiger partial charge in [0.1, 0.15) is 11.6 Å². The Morgan fingerprint density at radius 2 is 1.74 bits per heavy atom. The monoisotopic (exact) mass is 421 g/mol. The fourth-order valence-corrected chi connectivity index (χ4v) is 3.54. The van der Waals surface area contributed by atoms with E-state index in [4.69, 9.17) is 4.74 Å². The van der Waals surface area contributed by atoms with Crippen LogP contribution in [0, 0.1) is 5.82 Å². The van der Waals surface area contributed by atoms with E-state index < -0.39 is 11.9 Å². The third-order valence-corrected chi connectivity index (χ3v) is 4.73. The number of fused-ring (bicyclic) bond motifs is 1. The number of benzene rings is 2. The van der Waals surface area contributed by atoms with Crippen LogP contribution in [0.25, 0.3) is 28.1 Å². The predicted octanol–water partition coefficient (Wildman–Crippen LogP) is 5.66. The van der Waals surface area contributed by atoms with Crippen molar-refractivity contribution >= 4 is 28.9 Å². The molecule has 31 heavy (non-hydrogen) atoms. The smallest absolute Gasteiger partial charge is 0.334 e. The van der Waals surface area contributed by atoms with Crippen LogP contribution >= 0.6 is 0 Å². The molecule has 0 saturated heterocycles. The Kier molecular flexibility index (Phi) is 6.70. The fraction of sp³-hybridized carbons (Fsp3) is 0.200. The second-order valence-corrected chi connectivity index (χ2v) is 7.24. The Morgan fingerprint density at radius 3 is 2.35 bits per heavy atom. The number of allylic oxidation sites excluding steroid dienone is 1. The van der Waals surface area contributed by atoms with Crippen LogP contribution in [0.15, 0.2) is 66.4 Å². The Labute approximate surface area is 180 Å². The number of carbonyl (C=O) groups excluding carboxylic acids is 2. The zero-order valence-electron chi connectivity index (χ0n) is 17.9. The second-order valence-electron chi connectivity index (χ2n) is 7.24. The minimum absolute atomic E-state index is 0.0602. The van der Waals surface area contributed by atoms with E-state index in [0.717, 1.165) is 33.8 Å². The first-order chi connectivity index (χ1) is 14.8. The van der Waals surface area contributed by atoms with Gasteiger partial charge in [-0.2, -0.15) is 0 Å². The first-order valence-corrected chi connectivity index (χ1v) is 9.86. The third kappa shape index (κ3) is 4.91. The highest BCUT2D eigenvalue weighted by Gasteiger charge is 2.18. The summed E-state index contributed by atoms with van der Waals surface area (Å²) < 4.78 is 25.5. The molecular formula is C25H24FNO4. The van der Waals surface area contributed by atoms with Gasteiger partial charge in [0, 0.05) is 29.4 Å². The van der Waals surface area contributed by atoms with Crippen LogP contribution < -0.4 is 0 Å². The van der Waals surface area contributed by atoms with E-state index in [1.54, 1.807) is 24.3 Å². The number of methoxy groups -OCH3 is 1. The van der Waals surface area contributed by atoms with Crippen molar-refractivity contribution in [3.8, 4) is 11.1 Å². The van der Waals surface area contributed by atoms with Crippen LogP contribution in [-0.4, -0.2) is 23.6 Å². The van der Waals surface area contributed by atoms with E-state index in [1.807, 2.05) is 24.3 Å². The summed E-state index contributed by atoms with van der Waals surface area (Å²) in [6.45, 7) is 5.39. The molecule has 2 aromatic carbocycles. The number of carbonyl (C=O) groups is 2. The maximum absolute atomic E-state index is 13.6. The van der Waals surface area contributed by atoms with Crippen LogP contribution in [0.4, 0.5) is 4.39 Å². The minimum Gasteiger partial charge on any atom is -0.466 e. The largest absolute Gasteiger partial charge is 0.466 e. The van der Waals surface area contributed by atoms with Crippen LogP contribution in [0.1, 0.15) is 32.5 Å². The molecule has 1 aromatic heterocycles. The van der Waals surface area contributed by atoms with Crippen molar-refractivity contribution in [2.24, 2.45) is 0 Å².